The molecule has 10 heteroatoms. The van der Waals surface area contributed by atoms with Crippen LogP contribution in [0.15, 0.2) is 54.7 Å². The van der Waals surface area contributed by atoms with Gasteiger partial charge in [0.15, 0.2) is 0 Å². The molecule has 0 atom stereocenters. The van der Waals surface area contributed by atoms with Gasteiger partial charge in [0.25, 0.3) is 11.8 Å². The van der Waals surface area contributed by atoms with Crippen LogP contribution in [-0.2, 0) is 0 Å². The maximum absolute atomic E-state index is 13.1. The van der Waals surface area contributed by atoms with E-state index < -0.39 is 12.5 Å². The number of ether oxygens (including phenoxy) is 1. The lowest BCUT2D eigenvalue weighted by Gasteiger charge is -2.35. The Morgan fingerprint density at radius 3 is 2.16 bits per heavy atom. The van der Waals surface area contributed by atoms with Crippen molar-refractivity contribution in [1.29, 1.82) is 0 Å². The van der Waals surface area contributed by atoms with E-state index in [-0.39, 0.29) is 30.3 Å². The fourth-order valence-electron chi connectivity index (χ4n) is 3.58. The van der Waals surface area contributed by atoms with Crippen molar-refractivity contribution in [2.75, 3.05) is 26.2 Å². The second kappa shape index (κ2) is 9.35. The number of aromatic nitrogens is 2. The summed E-state index contributed by atoms with van der Waals surface area (Å²) in [5.74, 6) is -0.798. The second-order valence-electron chi connectivity index (χ2n) is 7.12. The zero-order valence-corrected chi connectivity index (χ0v) is 17.6. The summed E-state index contributed by atoms with van der Waals surface area (Å²) < 4.78 is 29.8. The lowest BCUT2D eigenvalue weighted by atomic mass is 10.1. The maximum atomic E-state index is 13.1. The van der Waals surface area contributed by atoms with Crippen molar-refractivity contribution < 1.29 is 23.1 Å². The van der Waals surface area contributed by atoms with Crippen molar-refractivity contribution in [3.8, 4) is 17.0 Å². The number of carbonyl (C=O) groups excluding carboxylic acids is 2. The second-order valence-corrected chi connectivity index (χ2v) is 7.56. The molecule has 2 aromatic carbocycles. The first-order chi connectivity index (χ1) is 15.4. The smallest absolute Gasteiger partial charge is 0.387 e. The molecule has 32 heavy (non-hydrogen) atoms. The Morgan fingerprint density at radius 1 is 0.938 bits per heavy atom. The van der Waals surface area contributed by atoms with Crippen molar-refractivity contribution in [2.24, 2.45) is 0 Å². The van der Waals surface area contributed by atoms with Gasteiger partial charge in [0, 0.05) is 36.8 Å². The summed E-state index contributed by atoms with van der Waals surface area (Å²) in [4.78, 5) is 29.1. The third-order valence-corrected chi connectivity index (χ3v) is 5.44. The van der Waals surface area contributed by atoms with Gasteiger partial charge in [-0.2, -0.15) is 13.9 Å². The Morgan fingerprint density at radius 2 is 1.53 bits per heavy atom. The summed E-state index contributed by atoms with van der Waals surface area (Å²) in [5.41, 5.74) is 1.85. The van der Waals surface area contributed by atoms with E-state index in [2.05, 4.69) is 14.9 Å². The highest BCUT2D eigenvalue weighted by atomic mass is 35.5. The molecule has 2 amide bonds. The predicted octanol–water partition coefficient (Wildman–Crippen LogP) is 3.93. The summed E-state index contributed by atoms with van der Waals surface area (Å²) in [7, 11) is 0. The summed E-state index contributed by atoms with van der Waals surface area (Å²) in [6, 6.07) is 12.9. The standard InChI is InChI=1S/C22H19ClF2N4O3/c23-15-7-5-14(6-8-15)19-17(13-26-27-19)21(31)29-11-9-28(10-12-29)20(30)16-3-1-2-4-18(16)32-22(24)25/h1-8,13,22H,9-12H2,(H,26,27). The van der Waals surface area contributed by atoms with Gasteiger partial charge < -0.3 is 14.5 Å². The molecule has 4 rings (SSSR count). The molecule has 1 fully saturated rings. The molecule has 0 unspecified atom stereocenters. The Hall–Kier alpha value is -3.46. The number of alkyl halides is 2. The number of rotatable bonds is 5. The number of carbonyl (C=O) groups is 2. The molecule has 2 heterocycles. The van der Waals surface area contributed by atoms with Crippen LogP contribution in [0, 0.1) is 0 Å². The van der Waals surface area contributed by atoms with E-state index in [0.717, 1.165) is 5.56 Å². The maximum Gasteiger partial charge on any atom is 0.387 e. The lowest BCUT2D eigenvalue weighted by molar-refractivity contribution is -0.0503. The van der Waals surface area contributed by atoms with Crippen molar-refractivity contribution >= 4 is 23.4 Å². The minimum Gasteiger partial charge on any atom is -0.434 e. The SMILES string of the molecule is O=C(c1ccccc1OC(F)F)N1CCN(C(=O)c2cn[nH]c2-c2ccc(Cl)cc2)CC1. The van der Waals surface area contributed by atoms with Gasteiger partial charge in [0.1, 0.15) is 5.75 Å². The normalized spacial score (nSPS) is 14.0. The van der Waals surface area contributed by atoms with E-state index in [1.54, 1.807) is 35.2 Å². The average Bonchev–Trinajstić information content (AvgIpc) is 3.29. The van der Waals surface area contributed by atoms with Crippen LogP contribution in [0.4, 0.5) is 8.78 Å². The summed E-state index contributed by atoms with van der Waals surface area (Å²) in [6.45, 7) is -1.90. The molecule has 1 N–H and O–H groups in total. The van der Waals surface area contributed by atoms with E-state index in [1.807, 2.05) is 0 Å². The molecule has 3 aromatic rings. The summed E-state index contributed by atoms with van der Waals surface area (Å²) >= 11 is 5.94. The molecule has 0 spiro atoms. The van der Waals surface area contributed by atoms with E-state index >= 15 is 0 Å². The monoisotopic (exact) mass is 460 g/mol. The predicted molar refractivity (Wildman–Crippen MR) is 114 cm³/mol. The number of benzene rings is 2. The zero-order valence-electron chi connectivity index (χ0n) is 16.8. The number of hydrogen-bond donors (Lipinski definition) is 1. The topological polar surface area (TPSA) is 78.5 Å². The molecule has 0 bridgehead atoms. The van der Waals surface area contributed by atoms with Gasteiger partial charge in [0.05, 0.1) is 23.0 Å². The van der Waals surface area contributed by atoms with Crippen LogP contribution in [0.25, 0.3) is 11.3 Å². The Bertz CT molecular complexity index is 1110. The van der Waals surface area contributed by atoms with Crippen molar-refractivity contribution in [3.63, 3.8) is 0 Å². The van der Waals surface area contributed by atoms with Gasteiger partial charge in [0.2, 0.25) is 0 Å². The molecular formula is C22H19ClF2N4O3. The van der Waals surface area contributed by atoms with Crippen LogP contribution in [0.5, 0.6) is 5.75 Å². The molecule has 0 aliphatic carbocycles. The van der Waals surface area contributed by atoms with Crippen LogP contribution in [-0.4, -0.2) is 64.6 Å². The van der Waals surface area contributed by atoms with Crippen molar-refractivity contribution in [2.45, 2.75) is 6.61 Å². The third kappa shape index (κ3) is 4.57. The van der Waals surface area contributed by atoms with Gasteiger partial charge in [-0.1, -0.05) is 35.9 Å². The number of halogens is 3. The molecule has 0 radical (unpaired) electrons. The highest BCUT2D eigenvalue weighted by Crippen LogP contribution is 2.25. The fraction of sp³-hybridized carbons (Fsp3) is 0.227. The first-order valence-corrected chi connectivity index (χ1v) is 10.2. The number of amides is 2. The average molecular weight is 461 g/mol. The van der Waals surface area contributed by atoms with Gasteiger partial charge in [-0.25, -0.2) is 0 Å². The van der Waals surface area contributed by atoms with E-state index in [1.165, 1.54) is 29.3 Å². The summed E-state index contributed by atoms with van der Waals surface area (Å²) in [6.07, 6.45) is 1.47. The van der Waals surface area contributed by atoms with Gasteiger partial charge in [-0.3, -0.25) is 14.7 Å². The van der Waals surface area contributed by atoms with Gasteiger partial charge in [-0.05, 0) is 24.3 Å². The highest BCUT2D eigenvalue weighted by Gasteiger charge is 2.29. The fourth-order valence-corrected chi connectivity index (χ4v) is 3.71. The van der Waals surface area contributed by atoms with Gasteiger partial charge in [-0.15, -0.1) is 0 Å². The Labute approximate surface area is 187 Å². The van der Waals surface area contributed by atoms with Crippen LogP contribution in [0.2, 0.25) is 5.02 Å². The van der Waals surface area contributed by atoms with Crippen LogP contribution in [0.1, 0.15) is 20.7 Å². The number of hydrogen-bond acceptors (Lipinski definition) is 4. The molecular weight excluding hydrogens is 442 g/mol. The number of aromatic amines is 1. The molecule has 1 aliphatic heterocycles. The van der Waals surface area contributed by atoms with Crippen molar-refractivity contribution in [3.05, 3.63) is 70.9 Å². The Balaban J connectivity index is 1.44. The minimum atomic E-state index is -3.02. The van der Waals surface area contributed by atoms with E-state index in [4.69, 9.17) is 11.6 Å². The minimum absolute atomic E-state index is 0.0624. The number of nitrogens with zero attached hydrogens (tertiary/aromatic N) is 3. The quantitative estimate of drug-likeness (QED) is 0.625. The first kappa shape index (κ1) is 21.8. The third-order valence-electron chi connectivity index (χ3n) is 5.19. The molecule has 1 saturated heterocycles. The van der Waals surface area contributed by atoms with Gasteiger partial charge >= 0.3 is 6.61 Å². The van der Waals surface area contributed by atoms with Crippen LogP contribution < -0.4 is 4.74 Å². The number of piperazine rings is 1. The Kier molecular flexibility index (Phi) is 6.36. The summed E-state index contributed by atoms with van der Waals surface area (Å²) in [5, 5.41) is 7.44. The number of para-hydroxylation sites is 1. The molecule has 1 aliphatic rings. The number of nitrogens with one attached hydrogen (secondary N) is 1. The first-order valence-electron chi connectivity index (χ1n) is 9.85. The lowest BCUT2D eigenvalue weighted by Crippen LogP contribution is -2.50. The van der Waals surface area contributed by atoms with E-state index in [0.29, 0.717) is 29.4 Å². The molecule has 1 aromatic heterocycles. The molecule has 166 valence electrons. The molecule has 7 nitrogen and oxygen atoms in total. The number of H-pyrrole nitrogens is 1. The van der Waals surface area contributed by atoms with Crippen LogP contribution in [0.3, 0.4) is 0 Å². The highest BCUT2D eigenvalue weighted by molar-refractivity contribution is 6.30. The largest absolute Gasteiger partial charge is 0.434 e. The molecule has 0 saturated carbocycles. The zero-order chi connectivity index (χ0) is 22.7. The van der Waals surface area contributed by atoms with Crippen LogP contribution >= 0.6 is 11.6 Å². The van der Waals surface area contributed by atoms with Crippen molar-refractivity contribution in [1.82, 2.24) is 20.0 Å². The van der Waals surface area contributed by atoms with E-state index in [9.17, 15) is 18.4 Å².